The average molecular weight is 355 g/mol. The number of nitro groups is 1. The van der Waals surface area contributed by atoms with Gasteiger partial charge in [0.05, 0.1) is 10.6 Å². The Morgan fingerprint density at radius 3 is 2.86 bits per heavy atom. The quantitative estimate of drug-likeness (QED) is 0.430. The Morgan fingerprint density at radius 2 is 2.14 bits per heavy atom. The van der Waals surface area contributed by atoms with Gasteiger partial charge in [-0.1, -0.05) is 32.6 Å². The van der Waals surface area contributed by atoms with Gasteiger partial charge in [0.1, 0.15) is 0 Å². The molecule has 1 N–H and O–H groups in total. The molecule has 0 radical (unpaired) electrons. The molecule has 1 aromatic rings. The van der Waals surface area contributed by atoms with Crippen LogP contribution in [0.5, 0.6) is 0 Å². The van der Waals surface area contributed by atoms with Crippen LogP contribution < -0.4 is 5.32 Å². The fourth-order valence-corrected chi connectivity index (χ4v) is 3.54. The lowest BCUT2D eigenvalue weighted by molar-refractivity contribution is -0.384. The van der Waals surface area contributed by atoms with E-state index >= 15 is 0 Å². The lowest BCUT2D eigenvalue weighted by Gasteiger charge is -2.19. The van der Waals surface area contributed by atoms with E-state index in [1.54, 1.807) is 12.1 Å². The average Bonchev–Trinajstić information content (AvgIpc) is 2.67. The van der Waals surface area contributed by atoms with Crippen LogP contribution in [0, 0.1) is 16.0 Å². The summed E-state index contributed by atoms with van der Waals surface area (Å²) in [5, 5.41) is 14.4. The van der Waals surface area contributed by atoms with E-state index in [1.165, 1.54) is 38.2 Å². The highest BCUT2D eigenvalue weighted by Crippen LogP contribution is 2.32. The van der Waals surface area contributed by atoms with Gasteiger partial charge in [-0.2, -0.15) is 0 Å². The zero-order valence-electron chi connectivity index (χ0n) is 12.5. The second-order valence-electron chi connectivity index (χ2n) is 5.93. The summed E-state index contributed by atoms with van der Waals surface area (Å²) in [5.74, 6) is 0.857. The number of hydrogen-bond donors (Lipinski definition) is 1. The number of benzene rings is 1. The van der Waals surface area contributed by atoms with Crippen molar-refractivity contribution in [3.05, 3.63) is 32.8 Å². The fraction of sp³-hybridized carbons (Fsp3) is 0.625. The van der Waals surface area contributed by atoms with E-state index in [2.05, 4.69) is 28.2 Å². The molecule has 0 bridgehead atoms. The van der Waals surface area contributed by atoms with Crippen molar-refractivity contribution >= 4 is 27.3 Å². The van der Waals surface area contributed by atoms with E-state index in [-0.39, 0.29) is 10.6 Å². The molecule has 1 saturated carbocycles. The molecule has 0 aliphatic heterocycles. The Kier molecular flexibility index (Phi) is 6.03. The van der Waals surface area contributed by atoms with E-state index in [1.807, 2.05) is 0 Å². The third kappa shape index (κ3) is 4.70. The maximum absolute atomic E-state index is 10.9. The van der Waals surface area contributed by atoms with Crippen molar-refractivity contribution in [3.8, 4) is 0 Å². The molecule has 0 amide bonds. The van der Waals surface area contributed by atoms with Gasteiger partial charge >= 0.3 is 0 Å². The van der Waals surface area contributed by atoms with Crippen molar-refractivity contribution in [2.24, 2.45) is 5.92 Å². The number of hydrogen-bond acceptors (Lipinski definition) is 3. The molecular formula is C16H23BrN2O2. The minimum atomic E-state index is -0.345. The molecule has 1 aliphatic rings. The molecule has 2 unspecified atom stereocenters. The molecule has 2 atom stereocenters. The van der Waals surface area contributed by atoms with Gasteiger partial charge in [-0.15, -0.1) is 0 Å². The third-order valence-corrected chi connectivity index (χ3v) is 5.00. The minimum absolute atomic E-state index is 0.137. The van der Waals surface area contributed by atoms with Gasteiger partial charge in [-0.05, 0) is 47.2 Å². The standard InChI is InChI=1S/C16H23BrN2O2/c1-2-4-12-5-3-6-13(8-7-12)18-16-11-14(19(20)21)9-10-15(16)17/h9-13,18H,2-8H2,1H3. The summed E-state index contributed by atoms with van der Waals surface area (Å²) in [7, 11) is 0. The van der Waals surface area contributed by atoms with Crippen LogP contribution in [0.1, 0.15) is 51.9 Å². The molecule has 0 aromatic heterocycles. The van der Waals surface area contributed by atoms with Crippen molar-refractivity contribution in [1.82, 2.24) is 0 Å². The molecule has 116 valence electrons. The molecule has 4 nitrogen and oxygen atoms in total. The molecule has 0 spiro atoms. The summed E-state index contributed by atoms with van der Waals surface area (Å²) in [4.78, 5) is 10.5. The maximum atomic E-state index is 10.9. The molecule has 1 fully saturated rings. The number of nitro benzene ring substituents is 1. The fourth-order valence-electron chi connectivity index (χ4n) is 3.18. The molecule has 1 aromatic carbocycles. The van der Waals surface area contributed by atoms with Crippen LogP contribution in [0.25, 0.3) is 0 Å². The van der Waals surface area contributed by atoms with E-state index in [0.717, 1.165) is 28.9 Å². The molecule has 0 saturated heterocycles. The summed E-state index contributed by atoms with van der Waals surface area (Å²) in [6.45, 7) is 2.25. The highest BCUT2D eigenvalue weighted by molar-refractivity contribution is 9.10. The first-order chi connectivity index (χ1) is 10.1. The van der Waals surface area contributed by atoms with Crippen molar-refractivity contribution < 1.29 is 4.92 Å². The predicted molar refractivity (Wildman–Crippen MR) is 89.7 cm³/mol. The first-order valence-corrected chi connectivity index (χ1v) is 8.60. The number of rotatable bonds is 5. The summed E-state index contributed by atoms with van der Waals surface area (Å²) < 4.78 is 0.891. The molecular weight excluding hydrogens is 332 g/mol. The lowest BCUT2D eigenvalue weighted by atomic mass is 9.95. The summed E-state index contributed by atoms with van der Waals surface area (Å²) in [5.41, 5.74) is 0.973. The second-order valence-corrected chi connectivity index (χ2v) is 6.78. The van der Waals surface area contributed by atoms with Crippen LogP contribution in [0.2, 0.25) is 0 Å². The Labute approximate surface area is 134 Å². The highest BCUT2D eigenvalue weighted by atomic mass is 79.9. The zero-order valence-corrected chi connectivity index (χ0v) is 14.1. The Hall–Kier alpha value is -1.10. The van der Waals surface area contributed by atoms with Crippen LogP contribution in [-0.2, 0) is 0 Å². The Balaban J connectivity index is 2.01. The number of nitrogens with one attached hydrogen (secondary N) is 1. The van der Waals surface area contributed by atoms with Crippen LogP contribution in [0.3, 0.4) is 0 Å². The Morgan fingerprint density at radius 1 is 1.33 bits per heavy atom. The summed E-state index contributed by atoms with van der Waals surface area (Å²) in [6, 6.07) is 5.32. The van der Waals surface area contributed by atoms with E-state index < -0.39 is 0 Å². The molecule has 0 heterocycles. The maximum Gasteiger partial charge on any atom is 0.271 e. The first-order valence-electron chi connectivity index (χ1n) is 7.80. The van der Waals surface area contributed by atoms with E-state index in [9.17, 15) is 10.1 Å². The molecule has 1 aliphatic carbocycles. The first kappa shape index (κ1) is 16.3. The van der Waals surface area contributed by atoms with Gasteiger partial charge < -0.3 is 5.32 Å². The van der Waals surface area contributed by atoms with Gasteiger partial charge in [0.2, 0.25) is 0 Å². The topological polar surface area (TPSA) is 55.2 Å². The molecule has 2 rings (SSSR count). The Bertz CT molecular complexity index is 493. The summed E-state index contributed by atoms with van der Waals surface area (Å²) in [6.07, 6.45) is 8.72. The summed E-state index contributed by atoms with van der Waals surface area (Å²) >= 11 is 3.48. The van der Waals surface area contributed by atoms with Crippen LogP contribution in [0.4, 0.5) is 11.4 Å². The number of nitrogens with zero attached hydrogens (tertiary/aromatic N) is 1. The van der Waals surface area contributed by atoms with Crippen molar-refractivity contribution in [1.29, 1.82) is 0 Å². The van der Waals surface area contributed by atoms with Gasteiger partial charge in [0, 0.05) is 22.6 Å². The van der Waals surface area contributed by atoms with Crippen LogP contribution in [0.15, 0.2) is 22.7 Å². The van der Waals surface area contributed by atoms with Crippen molar-refractivity contribution in [3.63, 3.8) is 0 Å². The third-order valence-electron chi connectivity index (χ3n) is 4.31. The minimum Gasteiger partial charge on any atom is -0.381 e. The lowest BCUT2D eigenvalue weighted by Crippen LogP contribution is -2.18. The number of halogens is 1. The van der Waals surface area contributed by atoms with E-state index in [0.29, 0.717) is 6.04 Å². The highest BCUT2D eigenvalue weighted by Gasteiger charge is 2.19. The predicted octanol–water partition coefficient (Wildman–Crippen LogP) is 5.52. The van der Waals surface area contributed by atoms with Gasteiger partial charge in [0.15, 0.2) is 0 Å². The monoisotopic (exact) mass is 354 g/mol. The zero-order chi connectivity index (χ0) is 15.2. The van der Waals surface area contributed by atoms with E-state index in [4.69, 9.17) is 0 Å². The van der Waals surface area contributed by atoms with Crippen LogP contribution in [-0.4, -0.2) is 11.0 Å². The second kappa shape index (κ2) is 7.78. The molecule has 5 heteroatoms. The van der Waals surface area contributed by atoms with Gasteiger partial charge in [-0.25, -0.2) is 0 Å². The van der Waals surface area contributed by atoms with Crippen molar-refractivity contribution in [2.75, 3.05) is 5.32 Å². The van der Waals surface area contributed by atoms with Crippen LogP contribution >= 0.6 is 15.9 Å². The smallest absolute Gasteiger partial charge is 0.271 e. The number of anilines is 1. The SMILES string of the molecule is CCCC1CCCC(Nc2cc([N+](=O)[O-])ccc2Br)CC1. The van der Waals surface area contributed by atoms with Crippen molar-refractivity contribution in [2.45, 2.75) is 57.9 Å². The van der Waals surface area contributed by atoms with Gasteiger partial charge in [-0.3, -0.25) is 10.1 Å². The number of non-ortho nitro benzene ring substituents is 1. The normalized spacial score (nSPS) is 22.6. The van der Waals surface area contributed by atoms with Gasteiger partial charge in [0.25, 0.3) is 5.69 Å². The molecule has 21 heavy (non-hydrogen) atoms. The largest absolute Gasteiger partial charge is 0.381 e.